The molecule has 0 rings (SSSR count). The van der Waals surface area contributed by atoms with Crippen molar-refractivity contribution in [1.82, 2.24) is 0 Å². The van der Waals surface area contributed by atoms with E-state index >= 15 is 0 Å². The van der Waals surface area contributed by atoms with E-state index in [-0.39, 0.29) is 26.1 Å². The molecule has 0 bridgehead atoms. The van der Waals surface area contributed by atoms with Gasteiger partial charge >= 0.3 is 11.9 Å². The molecular formula is C65H118NO8P. The van der Waals surface area contributed by atoms with Gasteiger partial charge in [-0.05, 0) is 83.5 Å². The molecule has 75 heavy (non-hydrogen) atoms. The van der Waals surface area contributed by atoms with Gasteiger partial charge in [0.15, 0.2) is 6.10 Å². The molecule has 9 nitrogen and oxygen atoms in total. The van der Waals surface area contributed by atoms with Gasteiger partial charge in [-0.3, -0.25) is 14.2 Å². The lowest BCUT2D eigenvalue weighted by atomic mass is 10.0. The fourth-order valence-electron chi connectivity index (χ4n) is 8.68. The summed E-state index contributed by atoms with van der Waals surface area (Å²) in [6, 6.07) is 0. The number of nitrogens with zero attached hydrogens (tertiary/aromatic N) is 1. The second-order valence-corrected chi connectivity index (χ2v) is 23.4. The maximum Gasteiger partial charge on any atom is 0.306 e. The van der Waals surface area contributed by atoms with Gasteiger partial charge in [-0.2, -0.15) is 0 Å². The summed E-state index contributed by atoms with van der Waals surface area (Å²) in [4.78, 5) is 37.9. The van der Waals surface area contributed by atoms with Crippen LogP contribution in [0.2, 0.25) is 0 Å². The van der Waals surface area contributed by atoms with Crippen molar-refractivity contribution in [2.75, 3.05) is 47.5 Å². The molecule has 2 atom stereocenters. The first kappa shape index (κ1) is 72.5. The highest BCUT2D eigenvalue weighted by molar-refractivity contribution is 7.45. The zero-order valence-electron chi connectivity index (χ0n) is 49.5. The van der Waals surface area contributed by atoms with Crippen molar-refractivity contribution in [1.29, 1.82) is 0 Å². The van der Waals surface area contributed by atoms with Crippen LogP contribution in [0.3, 0.4) is 0 Å². The lowest BCUT2D eigenvalue weighted by molar-refractivity contribution is -0.870. The molecule has 0 aliphatic carbocycles. The number of quaternary nitrogens is 1. The Morgan fingerprint density at radius 3 is 1.13 bits per heavy atom. The van der Waals surface area contributed by atoms with E-state index in [0.717, 1.165) is 83.5 Å². The molecule has 0 saturated carbocycles. The summed E-state index contributed by atoms with van der Waals surface area (Å²) in [6.07, 6.45) is 74.0. The van der Waals surface area contributed by atoms with Gasteiger partial charge in [0.05, 0.1) is 27.7 Å². The number of hydrogen-bond acceptors (Lipinski definition) is 8. The van der Waals surface area contributed by atoms with E-state index in [9.17, 15) is 19.0 Å². The standard InChI is InChI=1S/C65H118NO8P/c1-6-8-10-12-14-16-18-20-22-24-25-26-27-28-29-30-31-32-33-34-35-36-37-38-39-40-41-42-44-46-48-50-52-54-56-58-65(68)74-63(62-73-75(69,70)72-60-59-66(3,4)5)61-71-64(67)57-55-53-51-49-47-45-43-23-21-19-17-15-13-11-9-7-2/h8,10,14,16-17,19-20,22-23,25-26,43,63H,6-7,9,11-13,15,18,21,24,27-42,44-62H2,1-5H3/b10-8-,16-14-,19-17-,22-20-,26-25-,43-23-. The van der Waals surface area contributed by atoms with Gasteiger partial charge in [0.25, 0.3) is 7.82 Å². The third-order valence-electron chi connectivity index (χ3n) is 13.5. The van der Waals surface area contributed by atoms with Crippen LogP contribution in [0.5, 0.6) is 0 Å². The first-order valence-electron chi connectivity index (χ1n) is 31.1. The Morgan fingerprint density at radius 2 is 0.760 bits per heavy atom. The maximum absolute atomic E-state index is 12.8. The lowest BCUT2D eigenvalue weighted by Gasteiger charge is -2.28. The van der Waals surface area contributed by atoms with Crippen LogP contribution in [-0.2, 0) is 32.7 Å². The van der Waals surface area contributed by atoms with Gasteiger partial charge < -0.3 is 27.9 Å². The topological polar surface area (TPSA) is 111 Å². The fraction of sp³-hybridized carbons (Fsp3) is 0.785. The number of likely N-dealkylation sites (N-methyl/N-ethyl adjacent to an activating group) is 1. The number of carbonyl (C=O) groups excluding carboxylic acids is 2. The Hall–Kier alpha value is -2.55. The Balaban J connectivity index is 4.00. The van der Waals surface area contributed by atoms with E-state index in [2.05, 4.69) is 86.8 Å². The molecule has 2 unspecified atom stereocenters. The number of ether oxygens (including phenoxy) is 2. The molecule has 0 aliphatic rings. The third-order valence-corrected chi connectivity index (χ3v) is 14.4. The summed E-state index contributed by atoms with van der Waals surface area (Å²) in [7, 11) is 1.16. The minimum atomic E-state index is -4.64. The van der Waals surface area contributed by atoms with Crippen molar-refractivity contribution in [3.05, 3.63) is 72.9 Å². The number of phosphoric acid groups is 1. The molecule has 0 spiro atoms. The molecule has 0 aliphatic heterocycles. The highest BCUT2D eigenvalue weighted by Crippen LogP contribution is 2.38. The molecule has 0 aromatic heterocycles. The summed E-state index contributed by atoms with van der Waals surface area (Å²) in [5, 5.41) is 0. The first-order chi connectivity index (χ1) is 36.5. The van der Waals surface area contributed by atoms with Gasteiger partial charge in [-0.25, -0.2) is 0 Å². The van der Waals surface area contributed by atoms with E-state index < -0.39 is 32.5 Å². The van der Waals surface area contributed by atoms with E-state index in [4.69, 9.17) is 18.5 Å². The molecule has 0 fully saturated rings. The normalized spacial score (nSPS) is 13.7. The Morgan fingerprint density at radius 1 is 0.427 bits per heavy atom. The molecule has 0 N–H and O–H groups in total. The van der Waals surface area contributed by atoms with Crippen molar-refractivity contribution in [3.63, 3.8) is 0 Å². The zero-order valence-corrected chi connectivity index (χ0v) is 50.4. The predicted octanol–water partition coefficient (Wildman–Crippen LogP) is 19.0. The number of phosphoric ester groups is 1. The van der Waals surface area contributed by atoms with Crippen LogP contribution in [-0.4, -0.2) is 70.0 Å². The van der Waals surface area contributed by atoms with Crippen molar-refractivity contribution < 1.29 is 42.1 Å². The molecule has 0 aromatic carbocycles. The summed E-state index contributed by atoms with van der Waals surface area (Å²) in [5.41, 5.74) is 0. The summed E-state index contributed by atoms with van der Waals surface area (Å²) in [6.45, 7) is 4.12. The highest BCUT2D eigenvalue weighted by atomic mass is 31.2. The number of unbranched alkanes of at least 4 members (excludes halogenated alkanes) is 31. The molecular weight excluding hydrogens is 954 g/mol. The SMILES string of the molecule is CC/C=C\C/C=C\C/C=C\C/C=C\CCCCCCCCCCCCCCCCCCCCCCCCC(=O)OC(COC(=O)CCCCCCC/C=C\C/C=C\CCCCCC)COP(=O)([O-])OCC[N+](C)(C)C. The monoisotopic (exact) mass is 1070 g/mol. The van der Waals surface area contributed by atoms with Gasteiger partial charge in [0.1, 0.15) is 19.8 Å². The largest absolute Gasteiger partial charge is 0.756 e. The summed E-state index contributed by atoms with van der Waals surface area (Å²) in [5.74, 6) is -0.841. The Kier molecular flexibility index (Phi) is 54.3. The molecule has 0 saturated heterocycles. The van der Waals surface area contributed by atoms with Crippen LogP contribution < -0.4 is 4.89 Å². The zero-order chi connectivity index (χ0) is 54.9. The first-order valence-corrected chi connectivity index (χ1v) is 32.6. The second kappa shape index (κ2) is 56.2. The van der Waals surface area contributed by atoms with Gasteiger partial charge in [0.2, 0.25) is 0 Å². The van der Waals surface area contributed by atoms with Crippen LogP contribution >= 0.6 is 7.82 Å². The number of allylic oxidation sites excluding steroid dienone is 12. The maximum atomic E-state index is 12.8. The van der Waals surface area contributed by atoms with E-state index in [1.54, 1.807) is 0 Å². The number of rotatable bonds is 57. The van der Waals surface area contributed by atoms with Gasteiger partial charge in [0, 0.05) is 12.8 Å². The highest BCUT2D eigenvalue weighted by Gasteiger charge is 2.22. The van der Waals surface area contributed by atoms with Crippen molar-refractivity contribution in [2.24, 2.45) is 0 Å². The van der Waals surface area contributed by atoms with Crippen LogP contribution in [0.1, 0.15) is 277 Å². The van der Waals surface area contributed by atoms with Crippen molar-refractivity contribution in [3.8, 4) is 0 Å². The van der Waals surface area contributed by atoms with Crippen molar-refractivity contribution in [2.45, 2.75) is 283 Å². The minimum Gasteiger partial charge on any atom is -0.756 e. The molecule has 0 radical (unpaired) electrons. The average molecular weight is 1070 g/mol. The molecule has 0 heterocycles. The molecule has 10 heteroatoms. The molecule has 436 valence electrons. The van der Waals surface area contributed by atoms with Crippen LogP contribution in [0.15, 0.2) is 72.9 Å². The molecule has 0 amide bonds. The van der Waals surface area contributed by atoms with Crippen molar-refractivity contribution >= 4 is 19.8 Å². The minimum absolute atomic E-state index is 0.0335. The van der Waals surface area contributed by atoms with Gasteiger partial charge in [-0.1, -0.05) is 254 Å². The summed E-state index contributed by atoms with van der Waals surface area (Å²) >= 11 is 0. The molecule has 0 aromatic rings. The van der Waals surface area contributed by atoms with Gasteiger partial charge in [-0.15, -0.1) is 0 Å². The third kappa shape index (κ3) is 60.5. The van der Waals surface area contributed by atoms with Crippen LogP contribution in [0.25, 0.3) is 0 Å². The van der Waals surface area contributed by atoms with E-state index in [1.165, 1.54) is 154 Å². The van der Waals surface area contributed by atoms with E-state index in [1.807, 2.05) is 21.1 Å². The predicted molar refractivity (Wildman–Crippen MR) is 319 cm³/mol. The van der Waals surface area contributed by atoms with Crippen LogP contribution in [0.4, 0.5) is 0 Å². The Bertz CT molecular complexity index is 1500. The van der Waals surface area contributed by atoms with Crippen LogP contribution in [0, 0.1) is 0 Å². The lowest BCUT2D eigenvalue weighted by Crippen LogP contribution is -2.37. The number of hydrogen-bond donors (Lipinski definition) is 0. The second-order valence-electron chi connectivity index (χ2n) is 22.0. The quantitative estimate of drug-likeness (QED) is 0.0195. The number of esters is 2. The number of carbonyl (C=O) groups is 2. The fourth-order valence-corrected chi connectivity index (χ4v) is 9.41. The summed E-state index contributed by atoms with van der Waals surface area (Å²) < 4.78 is 34.2. The Labute approximate surface area is 463 Å². The smallest absolute Gasteiger partial charge is 0.306 e. The van der Waals surface area contributed by atoms with E-state index in [0.29, 0.717) is 23.9 Å². The average Bonchev–Trinajstić information content (AvgIpc) is 3.37.